The molecule has 0 radical (unpaired) electrons. The number of halogens is 3. The van der Waals surface area contributed by atoms with Gasteiger partial charge in [-0.15, -0.1) is 12.4 Å². The molecular weight excluding hydrogens is 337 g/mol. The average molecular weight is 353 g/mol. The number of fused-ring (bicyclic) bond motifs is 1. The van der Waals surface area contributed by atoms with Crippen molar-refractivity contribution >= 4 is 47.4 Å². The van der Waals surface area contributed by atoms with Crippen LogP contribution < -0.4 is 11.1 Å². The summed E-state index contributed by atoms with van der Waals surface area (Å²) in [5, 5.41) is 3.63. The van der Waals surface area contributed by atoms with Crippen molar-refractivity contribution in [2.24, 2.45) is 5.73 Å². The van der Waals surface area contributed by atoms with Crippen LogP contribution in [-0.4, -0.2) is 36.3 Å². The van der Waals surface area contributed by atoms with E-state index in [1.807, 2.05) is 6.07 Å². The molecule has 0 atom stereocenters. The SMILES string of the molecule is Cl.NCC(=O)NCC(=O)N1CCc2cc(Cl)cc(Cl)c2C1. The second-order valence-corrected chi connectivity index (χ2v) is 5.42. The molecule has 0 bridgehead atoms. The fourth-order valence-electron chi connectivity index (χ4n) is 2.15. The monoisotopic (exact) mass is 351 g/mol. The van der Waals surface area contributed by atoms with Gasteiger partial charge in [0.05, 0.1) is 13.1 Å². The summed E-state index contributed by atoms with van der Waals surface area (Å²) in [6.07, 6.45) is 0.701. The summed E-state index contributed by atoms with van der Waals surface area (Å²) in [4.78, 5) is 24.7. The van der Waals surface area contributed by atoms with Crippen LogP contribution in [-0.2, 0) is 22.6 Å². The Bertz CT molecular complexity index is 552. The third-order valence-corrected chi connectivity index (χ3v) is 3.78. The predicted molar refractivity (Wildman–Crippen MR) is 84.9 cm³/mol. The van der Waals surface area contributed by atoms with E-state index in [4.69, 9.17) is 28.9 Å². The smallest absolute Gasteiger partial charge is 0.242 e. The lowest BCUT2D eigenvalue weighted by atomic mass is 9.99. The molecule has 2 amide bonds. The normalized spacial score (nSPS) is 13.2. The van der Waals surface area contributed by atoms with E-state index in [0.717, 1.165) is 11.1 Å². The molecule has 1 aliphatic rings. The maximum atomic E-state index is 12.0. The van der Waals surface area contributed by atoms with Crippen LogP contribution >= 0.6 is 35.6 Å². The van der Waals surface area contributed by atoms with Crippen LogP contribution in [0.4, 0.5) is 0 Å². The first kappa shape index (κ1) is 18.0. The van der Waals surface area contributed by atoms with E-state index < -0.39 is 0 Å². The number of carbonyl (C=O) groups excluding carboxylic acids is 2. The Kier molecular flexibility index (Phi) is 6.74. The Labute approximate surface area is 139 Å². The van der Waals surface area contributed by atoms with Gasteiger partial charge >= 0.3 is 0 Å². The standard InChI is InChI=1S/C13H15Cl2N3O2.ClH/c14-9-3-8-1-2-18(7-10(8)11(15)4-9)13(20)6-17-12(19)5-16;/h3-4H,1-2,5-7,16H2,(H,17,19);1H. The molecule has 2 rings (SSSR count). The molecule has 0 aliphatic carbocycles. The highest BCUT2D eigenvalue weighted by atomic mass is 35.5. The predicted octanol–water partition coefficient (Wildman–Crippen LogP) is 1.37. The summed E-state index contributed by atoms with van der Waals surface area (Å²) in [6.45, 7) is 0.848. The highest BCUT2D eigenvalue weighted by molar-refractivity contribution is 6.35. The van der Waals surface area contributed by atoms with Crippen molar-refractivity contribution in [1.29, 1.82) is 0 Å². The van der Waals surface area contributed by atoms with Crippen molar-refractivity contribution < 1.29 is 9.59 Å². The van der Waals surface area contributed by atoms with E-state index in [1.165, 1.54) is 0 Å². The highest BCUT2D eigenvalue weighted by Crippen LogP contribution is 2.29. The van der Waals surface area contributed by atoms with Crippen LogP contribution in [0.5, 0.6) is 0 Å². The van der Waals surface area contributed by atoms with Crippen LogP contribution in [0.1, 0.15) is 11.1 Å². The number of benzene rings is 1. The Morgan fingerprint density at radius 1 is 1.33 bits per heavy atom. The number of rotatable bonds is 3. The minimum Gasteiger partial charge on any atom is -0.346 e. The van der Waals surface area contributed by atoms with Gasteiger partial charge in [-0.1, -0.05) is 23.2 Å². The van der Waals surface area contributed by atoms with Gasteiger partial charge in [0.25, 0.3) is 0 Å². The number of carbonyl (C=O) groups is 2. The van der Waals surface area contributed by atoms with Gasteiger partial charge in [0.1, 0.15) is 0 Å². The molecule has 1 aromatic rings. The second kappa shape index (κ2) is 7.84. The minimum absolute atomic E-state index is 0. The first-order chi connectivity index (χ1) is 9.51. The molecule has 8 heteroatoms. The molecule has 0 saturated heterocycles. The number of hydrogen-bond acceptors (Lipinski definition) is 3. The Morgan fingerprint density at radius 3 is 2.71 bits per heavy atom. The van der Waals surface area contributed by atoms with Crippen molar-refractivity contribution in [2.75, 3.05) is 19.6 Å². The summed E-state index contributed by atoms with van der Waals surface area (Å²) < 4.78 is 0. The lowest BCUT2D eigenvalue weighted by molar-refractivity contribution is -0.133. The molecule has 0 spiro atoms. The highest BCUT2D eigenvalue weighted by Gasteiger charge is 2.23. The molecular formula is C13H16Cl3N3O2. The van der Waals surface area contributed by atoms with Crippen LogP contribution in [0.2, 0.25) is 10.0 Å². The Hall–Kier alpha value is -1.01. The molecule has 1 aromatic carbocycles. The number of nitrogens with zero attached hydrogens (tertiary/aromatic N) is 1. The third-order valence-electron chi connectivity index (χ3n) is 3.23. The molecule has 0 fully saturated rings. The lowest BCUT2D eigenvalue weighted by Gasteiger charge is -2.29. The molecule has 1 heterocycles. The topological polar surface area (TPSA) is 75.4 Å². The number of nitrogens with two attached hydrogens (primary N) is 1. The molecule has 1 aliphatic heterocycles. The number of nitrogens with one attached hydrogen (secondary N) is 1. The number of hydrogen-bond donors (Lipinski definition) is 2. The summed E-state index contributed by atoms with van der Waals surface area (Å²) in [5.41, 5.74) is 7.15. The molecule has 0 aromatic heterocycles. The van der Waals surface area contributed by atoms with Gasteiger partial charge in [-0.2, -0.15) is 0 Å². The van der Waals surface area contributed by atoms with Gasteiger partial charge in [0.2, 0.25) is 11.8 Å². The fraction of sp³-hybridized carbons (Fsp3) is 0.385. The minimum atomic E-state index is -0.347. The quantitative estimate of drug-likeness (QED) is 0.863. The summed E-state index contributed by atoms with van der Waals surface area (Å²) in [7, 11) is 0. The van der Waals surface area contributed by atoms with Crippen LogP contribution in [0, 0.1) is 0 Å². The van der Waals surface area contributed by atoms with Gasteiger partial charge in [-0.25, -0.2) is 0 Å². The molecule has 0 unspecified atom stereocenters. The maximum Gasteiger partial charge on any atom is 0.242 e. The zero-order valence-electron chi connectivity index (χ0n) is 11.2. The van der Waals surface area contributed by atoms with Gasteiger partial charge < -0.3 is 16.0 Å². The van der Waals surface area contributed by atoms with E-state index in [-0.39, 0.29) is 37.3 Å². The van der Waals surface area contributed by atoms with E-state index in [9.17, 15) is 9.59 Å². The molecule has 21 heavy (non-hydrogen) atoms. The van der Waals surface area contributed by atoms with E-state index in [1.54, 1.807) is 11.0 Å². The van der Waals surface area contributed by atoms with Crippen LogP contribution in [0.3, 0.4) is 0 Å². The van der Waals surface area contributed by atoms with Gasteiger partial charge in [-0.3, -0.25) is 9.59 Å². The first-order valence-corrected chi connectivity index (χ1v) is 6.98. The van der Waals surface area contributed by atoms with Crippen molar-refractivity contribution in [2.45, 2.75) is 13.0 Å². The van der Waals surface area contributed by atoms with Crippen molar-refractivity contribution in [1.82, 2.24) is 10.2 Å². The summed E-state index contributed by atoms with van der Waals surface area (Å²) in [6, 6.07) is 3.55. The van der Waals surface area contributed by atoms with E-state index >= 15 is 0 Å². The zero-order valence-corrected chi connectivity index (χ0v) is 13.5. The first-order valence-electron chi connectivity index (χ1n) is 6.22. The van der Waals surface area contributed by atoms with Crippen LogP contribution in [0.25, 0.3) is 0 Å². The number of amides is 2. The van der Waals surface area contributed by atoms with E-state index in [0.29, 0.717) is 29.6 Å². The Morgan fingerprint density at radius 2 is 2.05 bits per heavy atom. The van der Waals surface area contributed by atoms with E-state index in [2.05, 4.69) is 5.32 Å². The molecule has 0 saturated carbocycles. The fourth-order valence-corrected chi connectivity index (χ4v) is 2.75. The van der Waals surface area contributed by atoms with Crippen molar-refractivity contribution in [3.8, 4) is 0 Å². The average Bonchev–Trinajstić information content (AvgIpc) is 2.43. The zero-order chi connectivity index (χ0) is 14.7. The molecule has 3 N–H and O–H groups in total. The maximum absolute atomic E-state index is 12.0. The second-order valence-electron chi connectivity index (χ2n) is 4.57. The third kappa shape index (κ3) is 4.48. The Balaban J connectivity index is 0.00000220. The summed E-state index contributed by atoms with van der Waals surface area (Å²) >= 11 is 12.1. The summed E-state index contributed by atoms with van der Waals surface area (Å²) in [5.74, 6) is -0.496. The van der Waals surface area contributed by atoms with Crippen LogP contribution in [0.15, 0.2) is 12.1 Å². The van der Waals surface area contributed by atoms with Gasteiger partial charge in [0, 0.05) is 23.1 Å². The van der Waals surface area contributed by atoms with Gasteiger partial charge in [0.15, 0.2) is 0 Å². The lowest BCUT2D eigenvalue weighted by Crippen LogP contribution is -2.43. The molecule has 5 nitrogen and oxygen atoms in total. The van der Waals surface area contributed by atoms with Gasteiger partial charge in [-0.05, 0) is 29.7 Å². The largest absolute Gasteiger partial charge is 0.346 e. The molecule has 116 valence electrons. The van der Waals surface area contributed by atoms with Crippen molar-refractivity contribution in [3.05, 3.63) is 33.3 Å². The van der Waals surface area contributed by atoms with Crippen molar-refractivity contribution in [3.63, 3.8) is 0 Å².